The molecule has 2 aliphatic rings. The number of piperidine rings is 1. The summed E-state index contributed by atoms with van der Waals surface area (Å²) in [5, 5.41) is 0. The molecule has 0 bridgehead atoms. The maximum absolute atomic E-state index is 12.8. The average molecular weight is 417 g/mol. The largest absolute Gasteiger partial charge is 0.473 e. The van der Waals surface area contributed by atoms with E-state index in [1.807, 2.05) is 0 Å². The first-order valence-electron chi connectivity index (χ1n) is 9.86. The summed E-state index contributed by atoms with van der Waals surface area (Å²) in [7, 11) is -3.46. The van der Waals surface area contributed by atoms with Gasteiger partial charge >= 0.3 is 0 Å². The Morgan fingerprint density at radius 1 is 1.00 bits per heavy atom. The second-order valence-corrected chi connectivity index (χ2v) is 9.23. The van der Waals surface area contributed by atoms with Crippen LogP contribution in [0.15, 0.2) is 47.8 Å². The van der Waals surface area contributed by atoms with Gasteiger partial charge in [0.2, 0.25) is 15.9 Å². The lowest BCUT2D eigenvalue weighted by molar-refractivity contribution is 0.0587. The average Bonchev–Trinajstić information content (AvgIpc) is 3.31. The summed E-state index contributed by atoms with van der Waals surface area (Å²) in [4.78, 5) is 22.9. The van der Waals surface area contributed by atoms with Crippen molar-refractivity contribution in [3.05, 3.63) is 48.4 Å². The fourth-order valence-corrected chi connectivity index (χ4v) is 5.24. The minimum Gasteiger partial charge on any atom is -0.473 e. The van der Waals surface area contributed by atoms with Crippen LogP contribution in [0.3, 0.4) is 0 Å². The lowest BCUT2D eigenvalue weighted by Gasteiger charge is -2.32. The Hall–Kier alpha value is -2.52. The topological polar surface area (TPSA) is 92.7 Å². The number of carbonyl (C=O) groups excluding carboxylic acids is 1. The summed E-state index contributed by atoms with van der Waals surface area (Å²) in [5.41, 5.74) is 0.499. The predicted molar refractivity (Wildman–Crippen MR) is 106 cm³/mol. The molecule has 4 rings (SSSR count). The molecule has 1 aromatic carbocycles. The molecule has 154 valence electrons. The van der Waals surface area contributed by atoms with Gasteiger partial charge in [-0.25, -0.2) is 13.4 Å². The van der Waals surface area contributed by atoms with E-state index in [0.29, 0.717) is 50.5 Å². The highest BCUT2D eigenvalue weighted by Crippen LogP contribution is 2.22. The predicted octanol–water partition coefficient (Wildman–Crippen LogP) is 1.94. The number of hydrogen-bond acceptors (Lipinski definition) is 6. The number of sulfonamides is 1. The number of benzene rings is 1. The molecular formula is C20H24N4O4S. The van der Waals surface area contributed by atoms with E-state index in [-0.39, 0.29) is 16.9 Å². The first-order chi connectivity index (χ1) is 14.0. The smallest absolute Gasteiger partial charge is 0.253 e. The van der Waals surface area contributed by atoms with Crippen molar-refractivity contribution in [1.29, 1.82) is 0 Å². The maximum atomic E-state index is 12.8. The van der Waals surface area contributed by atoms with E-state index < -0.39 is 10.0 Å². The summed E-state index contributed by atoms with van der Waals surface area (Å²) in [6.07, 6.45) is 7.97. The normalized spacial score (nSPS) is 18.7. The van der Waals surface area contributed by atoms with Gasteiger partial charge in [0.15, 0.2) is 0 Å². The van der Waals surface area contributed by atoms with Crippen molar-refractivity contribution in [3.8, 4) is 5.88 Å². The van der Waals surface area contributed by atoms with Crippen molar-refractivity contribution >= 4 is 15.9 Å². The molecule has 2 aromatic rings. The van der Waals surface area contributed by atoms with Crippen molar-refractivity contribution in [2.75, 3.05) is 26.2 Å². The van der Waals surface area contributed by atoms with Crippen LogP contribution in [0, 0.1) is 0 Å². The van der Waals surface area contributed by atoms with Gasteiger partial charge in [0, 0.05) is 57.0 Å². The Bertz CT molecular complexity index is 936. The zero-order chi connectivity index (χ0) is 20.3. The molecule has 0 atom stereocenters. The number of hydrogen-bond donors (Lipinski definition) is 0. The molecule has 2 fully saturated rings. The van der Waals surface area contributed by atoms with Gasteiger partial charge in [0.05, 0.1) is 11.1 Å². The SMILES string of the molecule is O=C(c1ccc(S(=O)(=O)N2CCCC2)cc1)N1CCC(Oc2cnccn2)CC1. The van der Waals surface area contributed by atoms with E-state index in [0.717, 1.165) is 12.8 Å². The molecule has 2 aliphatic heterocycles. The van der Waals surface area contributed by atoms with Gasteiger partial charge in [-0.3, -0.25) is 9.78 Å². The van der Waals surface area contributed by atoms with E-state index in [9.17, 15) is 13.2 Å². The van der Waals surface area contributed by atoms with Gasteiger partial charge in [-0.1, -0.05) is 0 Å². The molecule has 1 amide bonds. The van der Waals surface area contributed by atoms with Crippen LogP contribution in [0.25, 0.3) is 0 Å². The third kappa shape index (κ3) is 4.40. The summed E-state index contributed by atoms with van der Waals surface area (Å²) in [5.74, 6) is 0.403. The molecule has 0 spiro atoms. The second kappa shape index (κ2) is 8.46. The molecule has 0 N–H and O–H groups in total. The number of carbonyl (C=O) groups is 1. The summed E-state index contributed by atoms with van der Waals surface area (Å²) in [6, 6.07) is 6.27. The van der Waals surface area contributed by atoms with Crippen molar-refractivity contribution < 1.29 is 17.9 Å². The molecule has 0 radical (unpaired) electrons. The van der Waals surface area contributed by atoms with E-state index in [2.05, 4.69) is 9.97 Å². The lowest BCUT2D eigenvalue weighted by Crippen LogP contribution is -2.41. The van der Waals surface area contributed by atoms with Gasteiger partial charge < -0.3 is 9.64 Å². The zero-order valence-corrected chi connectivity index (χ0v) is 16.9. The Morgan fingerprint density at radius 3 is 2.31 bits per heavy atom. The first-order valence-corrected chi connectivity index (χ1v) is 11.3. The van der Waals surface area contributed by atoms with Crippen molar-refractivity contribution in [3.63, 3.8) is 0 Å². The van der Waals surface area contributed by atoms with Crippen LogP contribution >= 0.6 is 0 Å². The Balaban J connectivity index is 1.35. The monoisotopic (exact) mass is 416 g/mol. The highest BCUT2D eigenvalue weighted by atomic mass is 32.2. The third-order valence-electron chi connectivity index (χ3n) is 5.36. The Kier molecular flexibility index (Phi) is 5.77. The quantitative estimate of drug-likeness (QED) is 0.740. The Labute approximate surface area is 170 Å². The highest BCUT2D eigenvalue weighted by Gasteiger charge is 2.28. The van der Waals surface area contributed by atoms with Gasteiger partial charge in [-0.05, 0) is 37.1 Å². The minimum atomic E-state index is -3.46. The number of nitrogens with zero attached hydrogens (tertiary/aromatic N) is 4. The van der Waals surface area contributed by atoms with Gasteiger partial charge in [-0.2, -0.15) is 4.31 Å². The van der Waals surface area contributed by atoms with Crippen LogP contribution in [0.5, 0.6) is 5.88 Å². The molecule has 2 saturated heterocycles. The molecule has 0 saturated carbocycles. The second-order valence-electron chi connectivity index (χ2n) is 7.29. The summed E-state index contributed by atoms with van der Waals surface area (Å²) >= 11 is 0. The number of rotatable bonds is 5. The molecule has 1 aromatic heterocycles. The minimum absolute atomic E-state index is 0.00345. The number of ether oxygens (including phenoxy) is 1. The fraction of sp³-hybridized carbons (Fsp3) is 0.450. The number of likely N-dealkylation sites (tertiary alicyclic amines) is 1. The van der Waals surface area contributed by atoms with E-state index in [1.165, 1.54) is 16.4 Å². The zero-order valence-electron chi connectivity index (χ0n) is 16.1. The van der Waals surface area contributed by atoms with Crippen molar-refractivity contribution in [2.45, 2.75) is 36.7 Å². The number of aromatic nitrogens is 2. The molecular weight excluding hydrogens is 392 g/mol. The van der Waals surface area contributed by atoms with E-state index >= 15 is 0 Å². The van der Waals surface area contributed by atoms with Crippen LogP contribution in [0.1, 0.15) is 36.0 Å². The lowest BCUT2D eigenvalue weighted by atomic mass is 10.1. The van der Waals surface area contributed by atoms with Crippen LogP contribution in [-0.4, -0.2) is 65.8 Å². The summed E-state index contributed by atoms with van der Waals surface area (Å²) < 4.78 is 32.5. The van der Waals surface area contributed by atoms with Crippen LogP contribution in [0.4, 0.5) is 0 Å². The Morgan fingerprint density at radius 2 is 1.69 bits per heavy atom. The molecule has 29 heavy (non-hydrogen) atoms. The van der Waals surface area contributed by atoms with Crippen LogP contribution in [0.2, 0.25) is 0 Å². The van der Waals surface area contributed by atoms with E-state index in [4.69, 9.17) is 4.74 Å². The molecule has 0 unspecified atom stereocenters. The third-order valence-corrected chi connectivity index (χ3v) is 7.27. The van der Waals surface area contributed by atoms with Gasteiger partial charge in [-0.15, -0.1) is 0 Å². The standard InChI is InChI=1S/C20H24N4O4S/c25-20(23-13-7-17(8-14-23)28-19-15-21-9-10-22-19)16-3-5-18(6-4-16)29(26,27)24-11-1-2-12-24/h3-6,9-10,15,17H,1-2,7-8,11-14H2. The molecule has 0 aliphatic carbocycles. The van der Waals surface area contributed by atoms with Crippen LogP contribution < -0.4 is 4.74 Å². The molecule has 9 heteroatoms. The maximum Gasteiger partial charge on any atom is 0.253 e. The summed E-state index contributed by atoms with van der Waals surface area (Å²) in [6.45, 7) is 2.29. The molecule has 8 nitrogen and oxygen atoms in total. The van der Waals surface area contributed by atoms with Crippen molar-refractivity contribution in [2.24, 2.45) is 0 Å². The highest BCUT2D eigenvalue weighted by molar-refractivity contribution is 7.89. The fourth-order valence-electron chi connectivity index (χ4n) is 3.72. The first kappa shape index (κ1) is 19.8. The van der Waals surface area contributed by atoms with Gasteiger partial charge in [0.25, 0.3) is 5.91 Å². The van der Waals surface area contributed by atoms with Gasteiger partial charge in [0.1, 0.15) is 6.10 Å². The van der Waals surface area contributed by atoms with E-state index in [1.54, 1.807) is 35.6 Å². The van der Waals surface area contributed by atoms with Crippen LogP contribution in [-0.2, 0) is 10.0 Å². The molecule has 3 heterocycles. The van der Waals surface area contributed by atoms with Crippen molar-refractivity contribution in [1.82, 2.24) is 19.2 Å². The number of amides is 1.